The Morgan fingerprint density at radius 2 is 2.08 bits per heavy atom. The minimum atomic E-state index is -2.42. The van der Waals surface area contributed by atoms with Crippen LogP contribution < -0.4 is 5.73 Å². The van der Waals surface area contributed by atoms with E-state index in [0.29, 0.717) is 12.5 Å². The largest absolute Gasteiger partial charge is 0.330 e. The molecule has 2 N–H and O–H groups in total. The number of alkyl halides is 2. The van der Waals surface area contributed by atoms with Gasteiger partial charge in [0.25, 0.3) is 0 Å². The lowest BCUT2D eigenvalue weighted by Crippen LogP contribution is -2.54. The molecule has 0 aromatic heterocycles. The van der Waals surface area contributed by atoms with E-state index in [9.17, 15) is 8.78 Å². The van der Waals surface area contributed by atoms with Crippen molar-refractivity contribution in [3.63, 3.8) is 0 Å². The highest BCUT2D eigenvalue weighted by Crippen LogP contribution is 2.58. The van der Waals surface area contributed by atoms with Crippen molar-refractivity contribution < 1.29 is 8.78 Å². The van der Waals surface area contributed by atoms with Gasteiger partial charge in [0.15, 0.2) is 0 Å². The summed E-state index contributed by atoms with van der Waals surface area (Å²) in [5.41, 5.74) is 5.41. The summed E-state index contributed by atoms with van der Waals surface area (Å²) in [6.45, 7) is 0.438. The Morgan fingerprint density at radius 3 is 2.46 bits per heavy atom. The highest BCUT2D eigenvalue weighted by atomic mass is 32.2. The minimum Gasteiger partial charge on any atom is -0.330 e. The van der Waals surface area contributed by atoms with E-state index < -0.39 is 5.92 Å². The van der Waals surface area contributed by atoms with Crippen molar-refractivity contribution in [1.29, 1.82) is 0 Å². The zero-order valence-electron chi connectivity index (χ0n) is 7.56. The molecule has 1 saturated heterocycles. The van der Waals surface area contributed by atoms with Gasteiger partial charge in [-0.2, -0.15) is 11.8 Å². The van der Waals surface area contributed by atoms with E-state index in [1.165, 1.54) is 0 Å². The molecule has 1 aliphatic heterocycles. The van der Waals surface area contributed by atoms with E-state index in [1.807, 2.05) is 11.8 Å². The number of nitrogens with two attached hydrogens (primary N) is 1. The summed E-state index contributed by atoms with van der Waals surface area (Å²) >= 11 is 1.87. The maximum absolute atomic E-state index is 12.8. The topological polar surface area (TPSA) is 26.0 Å². The summed E-state index contributed by atoms with van der Waals surface area (Å²) in [4.78, 5) is 0. The molecule has 0 aromatic carbocycles. The normalized spacial score (nSPS) is 35.8. The fourth-order valence-corrected chi connectivity index (χ4v) is 4.02. The molecule has 76 valence electrons. The summed E-state index contributed by atoms with van der Waals surface area (Å²) in [7, 11) is 0. The maximum Gasteiger partial charge on any atom is 0.249 e. The molecule has 0 bridgehead atoms. The third-order valence-corrected chi connectivity index (χ3v) is 4.59. The number of rotatable bonds is 2. The second-order valence-corrected chi connectivity index (χ2v) is 5.49. The van der Waals surface area contributed by atoms with Crippen molar-refractivity contribution in [2.75, 3.05) is 18.1 Å². The first-order valence-corrected chi connectivity index (χ1v) is 5.89. The van der Waals surface area contributed by atoms with Gasteiger partial charge >= 0.3 is 0 Å². The Hall–Kier alpha value is 0.170. The molecule has 1 atom stereocenters. The van der Waals surface area contributed by atoms with Crippen LogP contribution in [0.3, 0.4) is 0 Å². The Morgan fingerprint density at radius 1 is 1.38 bits per heavy atom. The summed E-state index contributed by atoms with van der Waals surface area (Å²) in [6, 6.07) is 0. The Kier molecular flexibility index (Phi) is 2.31. The summed E-state index contributed by atoms with van der Waals surface area (Å²) in [6.07, 6.45) is 1.14. The molecule has 1 saturated carbocycles. The Balaban J connectivity index is 2.01. The Bertz CT molecular complexity index is 194. The van der Waals surface area contributed by atoms with Gasteiger partial charge in [-0.15, -0.1) is 0 Å². The second-order valence-electron chi connectivity index (χ2n) is 4.34. The molecule has 0 aromatic rings. The van der Waals surface area contributed by atoms with Crippen molar-refractivity contribution >= 4 is 11.8 Å². The molecular formula is C9H15F2NS. The first kappa shape index (κ1) is 9.71. The molecule has 1 aliphatic carbocycles. The maximum atomic E-state index is 12.8. The monoisotopic (exact) mass is 207 g/mol. The summed E-state index contributed by atoms with van der Waals surface area (Å²) in [5.74, 6) is 0.180. The fourth-order valence-electron chi connectivity index (χ4n) is 2.60. The van der Waals surface area contributed by atoms with Gasteiger partial charge in [-0.05, 0) is 35.8 Å². The van der Waals surface area contributed by atoms with Crippen LogP contribution in [0.2, 0.25) is 0 Å². The van der Waals surface area contributed by atoms with Crippen molar-refractivity contribution in [3.8, 4) is 0 Å². The van der Waals surface area contributed by atoms with Crippen LogP contribution >= 0.6 is 11.8 Å². The molecule has 1 nitrogen and oxygen atoms in total. The average molecular weight is 207 g/mol. The summed E-state index contributed by atoms with van der Waals surface area (Å²) in [5, 5.41) is 0. The molecule has 2 aliphatic rings. The molecule has 2 rings (SSSR count). The van der Waals surface area contributed by atoms with E-state index in [0.717, 1.165) is 17.9 Å². The van der Waals surface area contributed by atoms with Crippen LogP contribution in [0, 0.1) is 11.3 Å². The average Bonchev–Trinajstić information content (AvgIpc) is 2.51. The van der Waals surface area contributed by atoms with Crippen molar-refractivity contribution in [2.45, 2.75) is 25.2 Å². The molecule has 0 amide bonds. The number of hydrogen-bond acceptors (Lipinski definition) is 2. The smallest absolute Gasteiger partial charge is 0.249 e. The van der Waals surface area contributed by atoms with Gasteiger partial charge in [-0.1, -0.05) is 0 Å². The number of hydrogen-bond donors (Lipinski definition) is 1. The van der Waals surface area contributed by atoms with Gasteiger partial charge in [0.2, 0.25) is 5.92 Å². The van der Waals surface area contributed by atoms with E-state index in [4.69, 9.17) is 5.73 Å². The van der Waals surface area contributed by atoms with E-state index in [2.05, 4.69) is 0 Å². The van der Waals surface area contributed by atoms with Crippen LogP contribution in [0.4, 0.5) is 8.78 Å². The van der Waals surface area contributed by atoms with Crippen LogP contribution in [0.5, 0.6) is 0 Å². The molecular weight excluding hydrogens is 192 g/mol. The molecule has 1 heterocycles. The first-order chi connectivity index (χ1) is 6.08. The van der Waals surface area contributed by atoms with Crippen LogP contribution in [0.15, 0.2) is 0 Å². The van der Waals surface area contributed by atoms with Gasteiger partial charge in [0.05, 0.1) is 0 Å². The Labute approximate surface area is 81.4 Å². The standard InChI is InChI=1S/C9H15F2NS/c10-9(11)4-8(5-9,6-12)7-1-2-13-3-7/h7H,1-6,12H2. The summed E-state index contributed by atoms with van der Waals surface area (Å²) < 4.78 is 25.6. The predicted molar refractivity (Wildman–Crippen MR) is 51.1 cm³/mol. The highest BCUT2D eigenvalue weighted by molar-refractivity contribution is 7.99. The van der Waals surface area contributed by atoms with Crippen LogP contribution in [0.25, 0.3) is 0 Å². The lowest BCUT2D eigenvalue weighted by Gasteiger charge is -2.50. The van der Waals surface area contributed by atoms with E-state index >= 15 is 0 Å². The number of halogens is 2. The molecule has 0 radical (unpaired) electrons. The van der Waals surface area contributed by atoms with E-state index in [1.54, 1.807) is 0 Å². The quantitative estimate of drug-likeness (QED) is 0.750. The first-order valence-electron chi connectivity index (χ1n) is 4.74. The zero-order valence-corrected chi connectivity index (χ0v) is 8.38. The highest BCUT2D eigenvalue weighted by Gasteiger charge is 2.59. The van der Waals surface area contributed by atoms with Gasteiger partial charge < -0.3 is 5.73 Å². The molecule has 1 unspecified atom stereocenters. The van der Waals surface area contributed by atoms with Gasteiger partial charge in [0, 0.05) is 12.8 Å². The van der Waals surface area contributed by atoms with Crippen LogP contribution in [-0.2, 0) is 0 Å². The lowest BCUT2D eigenvalue weighted by molar-refractivity contribution is -0.175. The fraction of sp³-hybridized carbons (Fsp3) is 1.00. The third-order valence-electron chi connectivity index (χ3n) is 3.42. The third kappa shape index (κ3) is 1.59. The van der Waals surface area contributed by atoms with Crippen molar-refractivity contribution in [3.05, 3.63) is 0 Å². The SMILES string of the molecule is NCC1(C2CCSC2)CC(F)(F)C1. The van der Waals surface area contributed by atoms with E-state index in [-0.39, 0.29) is 18.3 Å². The zero-order chi connectivity index (χ0) is 9.53. The molecule has 13 heavy (non-hydrogen) atoms. The van der Waals surface area contributed by atoms with Crippen LogP contribution in [-0.4, -0.2) is 24.0 Å². The van der Waals surface area contributed by atoms with Gasteiger partial charge in [0.1, 0.15) is 0 Å². The second kappa shape index (κ2) is 3.09. The minimum absolute atomic E-state index is 0.0295. The van der Waals surface area contributed by atoms with Crippen molar-refractivity contribution in [1.82, 2.24) is 0 Å². The molecule has 4 heteroatoms. The van der Waals surface area contributed by atoms with Gasteiger partial charge in [-0.25, -0.2) is 8.78 Å². The van der Waals surface area contributed by atoms with Crippen molar-refractivity contribution in [2.24, 2.45) is 17.1 Å². The van der Waals surface area contributed by atoms with Gasteiger partial charge in [-0.3, -0.25) is 0 Å². The molecule has 2 fully saturated rings. The van der Waals surface area contributed by atoms with Crippen LogP contribution in [0.1, 0.15) is 19.3 Å². The predicted octanol–water partition coefficient (Wildman–Crippen LogP) is 2.11. The lowest BCUT2D eigenvalue weighted by atomic mass is 9.59. The molecule has 0 spiro atoms. The number of thioether (sulfide) groups is 1.